The highest BCUT2D eigenvalue weighted by molar-refractivity contribution is 8.00. The average Bonchev–Trinajstić information content (AvgIpc) is 2.65. The number of aliphatic hydroxyl groups is 2. The van der Waals surface area contributed by atoms with Crippen molar-refractivity contribution in [1.29, 1.82) is 0 Å². The summed E-state index contributed by atoms with van der Waals surface area (Å²) in [5.74, 6) is 0.230. The minimum atomic E-state index is -0.597. The number of nitrogens with two attached hydrogens (primary N) is 1. The lowest BCUT2D eigenvalue weighted by Gasteiger charge is -2.13. The molecule has 0 aliphatic carbocycles. The van der Waals surface area contributed by atoms with E-state index in [1.807, 2.05) is 0 Å². The van der Waals surface area contributed by atoms with Gasteiger partial charge in [0.2, 0.25) is 0 Å². The summed E-state index contributed by atoms with van der Waals surface area (Å²) < 4.78 is 1.47. The van der Waals surface area contributed by atoms with E-state index in [0.717, 1.165) is 5.56 Å². The van der Waals surface area contributed by atoms with E-state index in [0.29, 0.717) is 6.42 Å². The van der Waals surface area contributed by atoms with Gasteiger partial charge in [-0.1, -0.05) is 0 Å². The van der Waals surface area contributed by atoms with E-state index in [9.17, 15) is 9.90 Å². The Labute approximate surface area is 102 Å². The number of thioether (sulfide) groups is 1. The standard InChI is InChI=1S/C10H15N3O3S/c1-5-3-13(10(16)12-9(5)11)8-2-6(15)7(4-14)17-8/h3,6-8,14-15H,2,4H2,1H3,(H2,11,12,16)/t6?,7-,8-/m1/s1. The summed E-state index contributed by atoms with van der Waals surface area (Å²) in [7, 11) is 0. The summed E-state index contributed by atoms with van der Waals surface area (Å²) in [6.07, 6.45) is 1.48. The minimum absolute atomic E-state index is 0.0987. The highest BCUT2D eigenvalue weighted by Gasteiger charge is 2.34. The molecule has 6 nitrogen and oxygen atoms in total. The first-order valence-electron chi connectivity index (χ1n) is 5.32. The number of anilines is 1. The van der Waals surface area contributed by atoms with Crippen molar-refractivity contribution in [3.63, 3.8) is 0 Å². The Balaban J connectivity index is 2.30. The van der Waals surface area contributed by atoms with E-state index in [-0.39, 0.29) is 23.0 Å². The highest BCUT2D eigenvalue weighted by atomic mass is 32.2. The molecule has 1 saturated heterocycles. The van der Waals surface area contributed by atoms with Gasteiger partial charge in [-0.15, -0.1) is 11.8 Å². The Morgan fingerprint density at radius 3 is 3.00 bits per heavy atom. The first kappa shape index (κ1) is 12.4. The van der Waals surface area contributed by atoms with Gasteiger partial charge in [0.25, 0.3) is 0 Å². The number of nitrogens with zero attached hydrogens (tertiary/aromatic N) is 2. The van der Waals surface area contributed by atoms with Crippen LogP contribution in [-0.4, -0.2) is 37.7 Å². The summed E-state index contributed by atoms with van der Waals surface area (Å²) >= 11 is 1.38. The van der Waals surface area contributed by atoms with Gasteiger partial charge < -0.3 is 15.9 Å². The molecule has 1 aliphatic heterocycles. The van der Waals surface area contributed by atoms with Crippen LogP contribution in [0.2, 0.25) is 0 Å². The Morgan fingerprint density at radius 2 is 2.41 bits per heavy atom. The zero-order valence-electron chi connectivity index (χ0n) is 9.41. The molecule has 2 rings (SSSR count). The van der Waals surface area contributed by atoms with E-state index in [1.54, 1.807) is 13.1 Å². The molecule has 1 aromatic rings. The number of aromatic nitrogens is 2. The van der Waals surface area contributed by atoms with Crippen molar-refractivity contribution < 1.29 is 10.2 Å². The third-order valence-corrected chi connectivity index (χ3v) is 4.41. The Hall–Kier alpha value is -1.05. The van der Waals surface area contributed by atoms with Gasteiger partial charge in [-0.25, -0.2) is 4.79 Å². The second kappa shape index (κ2) is 4.67. The summed E-state index contributed by atoms with van der Waals surface area (Å²) in [5.41, 5.74) is 5.86. The van der Waals surface area contributed by atoms with Gasteiger partial charge in [0.05, 0.1) is 23.3 Å². The van der Waals surface area contributed by atoms with Crippen molar-refractivity contribution in [2.24, 2.45) is 0 Å². The predicted molar refractivity (Wildman–Crippen MR) is 65.8 cm³/mol. The smallest absolute Gasteiger partial charge is 0.350 e. The van der Waals surface area contributed by atoms with Crippen LogP contribution in [0.15, 0.2) is 11.0 Å². The van der Waals surface area contributed by atoms with Crippen molar-refractivity contribution in [2.75, 3.05) is 12.3 Å². The maximum atomic E-state index is 11.7. The summed E-state index contributed by atoms with van der Waals surface area (Å²) in [6, 6.07) is 0. The van der Waals surface area contributed by atoms with E-state index in [1.165, 1.54) is 16.3 Å². The van der Waals surface area contributed by atoms with Crippen LogP contribution < -0.4 is 11.4 Å². The zero-order valence-corrected chi connectivity index (χ0v) is 10.2. The highest BCUT2D eigenvalue weighted by Crippen LogP contribution is 2.40. The molecule has 0 spiro atoms. The van der Waals surface area contributed by atoms with Gasteiger partial charge in [-0.05, 0) is 6.92 Å². The lowest BCUT2D eigenvalue weighted by molar-refractivity contribution is 0.137. The van der Waals surface area contributed by atoms with Crippen molar-refractivity contribution in [3.8, 4) is 0 Å². The van der Waals surface area contributed by atoms with Crippen molar-refractivity contribution in [2.45, 2.75) is 30.1 Å². The molecule has 17 heavy (non-hydrogen) atoms. The van der Waals surface area contributed by atoms with Crippen molar-refractivity contribution in [1.82, 2.24) is 9.55 Å². The lowest BCUT2D eigenvalue weighted by Crippen LogP contribution is -2.26. The first-order valence-corrected chi connectivity index (χ1v) is 6.27. The molecule has 1 aliphatic rings. The van der Waals surface area contributed by atoms with E-state index in [4.69, 9.17) is 10.8 Å². The summed E-state index contributed by atoms with van der Waals surface area (Å²) in [5, 5.41) is 18.3. The predicted octanol–water partition coefficient (Wildman–Crippen LogP) is -0.509. The molecule has 7 heteroatoms. The van der Waals surface area contributed by atoms with Crippen molar-refractivity contribution in [3.05, 3.63) is 22.2 Å². The van der Waals surface area contributed by atoms with E-state index in [2.05, 4.69) is 4.98 Å². The molecule has 0 bridgehead atoms. The fourth-order valence-corrected chi connectivity index (χ4v) is 3.21. The van der Waals surface area contributed by atoms with Gasteiger partial charge in [-0.2, -0.15) is 4.98 Å². The van der Waals surface area contributed by atoms with Crippen LogP contribution in [-0.2, 0) is 0 Å². The summed E-state index contributed by atoms with van der Waals surface area (Å²) in [4.78, 5) is 15.4. The maximum absolute atomic E-state index is 11.7. The molecule has 0 amide bonds. The molecule has 0 saturated carbocycles. The van der Waals surface area contributed by atoms with Crippen LogP contribution in [0.1, 0.15) is 17.4 Å². The van der Waals surface area contributed by atoms with Crippen molar-refractivity contribution >= 4 is 17.6 Å². The van der Waals surface area contributed by atoms with Gasteiger partial charge in [0.15, 0.2) is 0 Å². The molecule has 1 aromatic heterocycles. The van der Waals surface area contributed by atoms with Crippen LogP contribution in [0.4, 0.5) is 5.82 Å². The maximum Gasteiger partial charge on any atom is 0.350 e. The normalized spacial score (nSPS) is 28.5. The van der Waals surface area contributed by atoms with Crippen LogP contribution in [0, 0.1) is 6.92 Å². The van der Waals surface area contributed by atoms with Gasteiger partial charge in [0, 0.05) is 18.2 Å². The second-order valence-electron chi connectivity index (χ2n) is 4.11. The third-order valence-electron chi connectivity index (χ3n) is 2.87. The Kier molecular flexibility index (Phi) is 3.41. The molecule has 0 aromatic carbocycles. The second-order valence-corrected chi connectivity index (χ2v) is 5.54. The number of hydrogen-bond acceptors (Lipinski definition) is 6. The lowest BCUT2D eigenvalue weighted by atomic mass is 10.2. The number of aliphatic hydroxyl groups excluding tert-OH is 2. The molecule has 1 fully saturated rings. The monoisotopic (exact) mass is 257 g/mol. The fraction of sp³-hybridized carbons (Fsp3) is 0.600. The Bertz CT molecular complexity index is 476. The Morgan fingerprint density at radius 1 is 1.71 bits per heavy atom. The van der Waals surface area contributed by atoms with Gasteiger partial charge >= 0.3 is 5.69 Å². The molecular weight excluding hydrogens is 242 g/mol. The fourth-order valence-electron chi connectivity index (χ4n) is 1.84. The molecule has 0 radical (unpaired) electrons. The van der Waals surface area contributed by atoms with Crippen LogP contribution in [0.5, 0.6) is 0 Å². The van der Waals surface area contributed by atoms with Gasteiger partial charge in [-0.3, -0.25) is 4.57 Å². The number of rotatable bonds is 2. The zero-order chi connectivity index (χ0) is 12.6. The summed E-state index contributed by atoms with van der Waals surface area (Å²) in [6.45, 7) is 1.68. The van der Waals surface area contributed by atoms with E-state index < -0.39 is 11.8 Å². The van der Waals surface area contributed by atoms with Crippen LogP contribution >= 0.6 is 11.8 Å². The van der Waals surface area contributed by atoms with Gasteiger partial charge in [0.1, 0.15) is 5.82 Å². The topological polar surface area (TPSA) is 101 Å². The SMILES string of the molecule is Cc1cn([C@H]2CC(O)[C@@H](CO)S2)c(=O)nc1N. The molecular formula is C10H15N3O3S. The molecule has 3 atom stereocenters. The molecule has 94 valence electrons. The van der Waals surface area contributed by atoms with Crippen LogP contribution in [0.3, 0.4) is 0 Å². The molecule has 2 heterocycles. The number of nitrogen functional groups attached to an aromatic ring is 1. The largest absolute Gasteiger partial charge is 0.395 e. The molecule has 1 unspecified atom stereocenters. The third kappa shape index (κ3) is 2.31. The quantitative estimate of drug-likeness (QED) is 0.659. The number of aryl methyl sites for hydroxylation is 1. The first-order chi connectivity index (χ1) is 8.02. The average molecular weight is 257 g/mol. The van der Waals surface area contributed by atoms with E-state index >= 15 is 0 Å². The molecule has 4 N–H and O–H groups in total. The minimum Gasteiger partial charge on any atom is -0.395 e. The van der Waals surface area contributed by atoms with Crippen LogP contribution in [0.25, 0.3) is 0 Å². The number of hydrogen-bond donors (Lipinski definition) is 3.